The van der Waals surface area contributed by atoms with Crippen LogP contribution in [0.25, 0.3) is 0 Å². The number of benzene rings is 1. The molecule has 2 heterocycles. The minimum atomic E-state index is -0.411. The highest BCUT2D eigenvalue weighted by Crippen LogP contribution is 2.35. The summed E-state index contributed by atoms with van der Waals surface area (Å²) in [5.41, 5.74) is 1.75. The van der Waals surface area contributed by atoms with Crippen molar-refractivity contribution in [2.24, 2.45) is 5.92 Å². The van der Waals surface area contributed by atoms with Gasteiger partial charge in [-0.25, -0.2) is 9.78 Å². The van der Waals surface area contributed by atoms with Crippen LogP contribution >= 0.6 is 0 Å². The number of rotatable bonds is 3. The van der Waals surface area contributed by atoms with Gasteiger partial charge in [0.05, 0.1) is 12.0 Å². The van der Waals surface area contributed by atoms with Crippen molar-refractivity contribution >= 4 is 11.9 Å². The summed E-state index contributed by atoms with van der Waals surface area (Å²) in [6.07, 6.45) is 1.53. The fraction of sp³-hybridized carbons (Fsp3) is 0.278. The number of urea groups is 1. The number of aromatic nitrogens is 1. The van der Waals surface area contributed by atoms with Gasteiger partial charge in [-0.05, 0) is 42.3 Å². The number of pyridine rings is 1. The van der Waals surface area contributed by atoms with Gasteiger partial charge in [0.15, 0.2) is 5.75 Å². The zero-order valence-electron chi connectivity index (χ0n) is 14.2. The normalized spacial score (nSPS) is 20.4. The van der Waals surface area contributed by atoms with E-state index in [9.17, 15) is 14.7 Å². The summed E-state index contributed by atoms with van der Waals surface area (Å²) in [5.74, 6) is -0.0733. The Morgan fingerprint density at radius 3 is 2.72 bits per heavy atom. The molecule has 0 radical (unpaired) electrons. The maximum Gasteiger partial charge on any atom is 0.324 e. The predicted molar refractivity (Wildman–Crippen MR) is 90.4 cm³/mol. The Balaban J connectivity index is 1.90. The third kappa shape index (κ3) is 3.13. The molecule has 1 aliphatic rings. The molecule has 1 saturated heterocycles. The Bertz CT molecular complexity index is 817. The van der Waals surface area contributed by atoms with Gasteiger partial charge < -0.3 is 14.7 Å². The topological polar surface area (TPSA) is 91.8 Å². The highest BCUT2D eigenvalue weighted by atomic mass is 16.5. The number of ether oxygens (including phenoxy) is 1. The van der Waals surface area contributed by atoms with E-state index in [0.29, 0.717) is 5.75 Å². The number of hydrogen-bond acceptors (Lipinski definition) is 5. The number of hydrogen-bond donors (Lipinski definition) is 2. The molecule has 3 amide bonds. The summed E-state index contributed by atoms with van der Waals surface area (Å²) in [5, 5.41) is 12.1. The van der Waals surface area contributed by atoms with Gasteiger partial charge in [-0.1, -0.05) is 13.0 Å². The van der Waals surface area contributed by atoms with Gasteiger partial charge in [0.1, 0.15) is 5.75 Å². The minimum Gasteiger partial charge on any atom is -0.503 e. The molecule has 1 aliphatic heterocycles. The van der Waals surface area contributed by atoms with Crippen LogP contribution < -0.4 is 10.1 Å². The zero-order chi connectivity index (χ0) is 18.1. The van der Waals surface area contributed by atoms with Gasteiger partial charge in [0.25, 0.3) is 5.88 Å². The van der Waals surface area contributed by atoms with E-state index in [2.05, 4.69) is 10.3 Å². The Labute approximate surface area is 145 Å². The Morgan fingerprint density at radius 2 is 2.04 bits per heavy atom. The molecule has 25 heavy (non-hydrogen) atoms. The standard InChI is InChI=1S/C18H19N3O4/c1-10-9-12(25-17-14(22)5-4-8-19-17)6-7-13(10)15-11(2)16(23)20-18(24)21(15)3/h4-9,11,15,22H,1-3H3,(H,20,23,24). The van der Waals surface area contributed by atoms with Crippen molar-refractivity contribution < 1.29 is 19.4 Å². The van der Waals surface area contributed by atoms with Crippen molar-refractivity contribution in [3.63, 3.8) is 0 Å². The molecule has 2 N–H and O–H groups in total. The molecule has 0 saturated carbocycles. The summed E-state index contributed by atoms with van der Waals surface area (Å²) in [6, 6.07) is 7.69. The van der Waals surface area contributed by atoms with Crippen LogP contribution in [0.4, 0.5) is 4.79 Å². The second-order valence-electron chi connectivity index (χ2n) is 6.09. The molecule has 2 unspecified atom stereocenters. The van der Waals surface area contributed by atoms with Crippen LogP contribution in [0.15, 0.2) is 36.5 Å². The van der Waals surface area contributed by atoms with Gasteiger partial charge in [-0.15, -0.1) is 0 Å². The van der Waals surface area contributed by atoms with Crippen LogP contribution in [0.5, 0.6) is 17.4 Å². The van der Waals surface area contributed by atoms with Crippen molar-refractivity contribution in [3.05, 3.63) is 47.7 Å². The number of amides is 3. The molecule has 1 aromatic carbocycles. The number of nitrogens with one attached hydrogen (secondary N) is 1. The molecule has 0 spiro atoms. The Kier molecular flexibility index (Phi) is 4.31. The maximum absolute atomic E-state index is 12.0. The average molecular weight is 341 g/mol. The third-order valence-electron chi connectivity index (χ3n) is 4.38. The molecule has 130 valence electrons. The monoisotopic (exact) mass is 341 g/mol. The third-order valence-corrected chi connectivity index (χ3v) is 4.38. The average Bonchev–Trinajstić information content (AvgIpc) is 2.57. The summed E-state index contributed by atoms with van der Waals surface area (Å²) in [7, 11) is 1.67. The van der Waals surface area contributed by atoms with Crippen LogP contribution in [-0.4, -0.2) is 34.0 Å². The van der Waals surface area contributed by atoms with Gasteiger partial charge in [0, 0.05) is 13.2 Å². The molecule has 7 heteroatoms. The lowest BCUT2D eigenvalue weighted by Gasteiger charge is -2.37. The van der Waals surface area contributed by atoms with Crippen molar-refractivity contribution in [2.75, 3.05) is 7.05 Å². The predicted octanol–water partition coefficient (Wildman–Crippen LogP) is 2.75. The number of nitrogens with zero attached hydrogens (tertiary/aromatic N) is 2. The minimum absolute atomic E-state index is 0.0490. The second-order valence-corrected chi connectivity index (χ2v) is 6.09. The zero-order valence-corrected chi connectivity index (χ0v) is 14.2. The van der Waals surface area contributed by atoms with Crippen molar-refractivity contribution in [3.8, 4) is 17.4 Å². The lowest BCUT2D eigenvalue weighted by atomic mass is 9.88. The van der Waals surface area contributed by atoms with Gasteiger partial charge >= 0.3 is 6.03 Å². The van der Waals surface area contributed by atoms with Crippen molar-refractivity contribution in [2.45, 2.75) is 19.9 Å². The van der Waals surface area contributed by atoms with E-state index in [-0.39, 0.29) is 29.5 Å². The van der Waals surface area contributed by atoms with Crippen LogP contribution in [0, 0.1) is 12.8 Å². The van der Waals surface area contributed by atoms with E-state index < -0.39 is 6.03 Å². The van der Waals surface area contributed by atoms with Gasteiger partial charge in [-0.3, -0.25) is 10.1 Å². The molecular formula is C18H19N3O4. The molecule has 0 bridgehead atoms. The van der Waals surface area contributed by atoms with Crippen LogP contribution in [0.3, 0.4) is 0 Å². The first-order valence-electron chi connectivity index (χ1n) is 7.88. The number of carbonyl (C=O) groups excluding carboxylic acids is 2. The Hall–Kier alpha value is -3.09. The van der Waals surface area contributed by atoms with Crippen molar-refractivity contribution in [1.29, 1.82) is 0 Å². The molecule has 1 aromatic heterocycles. The summed E-state index contributed by atoms with van der Waals surface area (Å²) >= 11 is 0. The summed E-state index contributed by atoms with van der Waals surface area (Å²) in [6.45, 7) is 3.68. The van der Waals surface area contributed by atoms with E-state index in [4.69, 9.17) is 4.74 Å². The molecule has 2 aromatic rings. The number of imide groups is 1. The first-order valence-corrected chi connectivity index (χ1v) is 7.88. The molecule has 0 aliphatic carbocycles. The molecular weight excluding hydrogens is 322 g/mol. The van der Waals surface area contributed by atoms with Gasteiger partial charge in [0.2, 0.25) is 5.91 Å². The smallest absolute Gasteiger partial charge is 0.324 e. The lowest BCUT2D eigenvalue weighted by Crippen LogP contribution is -2.53. The van der Waals surface area contributed by atoms with Gasteiger partial charge in [-0.2, -0.15) is 0 Å². The quantitative estimate of drug-likeness (QED) is 0.895. The number of aromatic hydroxyl groups is 1. The summed E-state index contributed by atoms with van der Waals surface area (Å²) < 4.78 is 5.61. The molecule has 3 rings (SSSR count). The summed E-state index contributed by atoms with van der Waals surface area (Å²) in [4.78, 5) is 29.4. The van der Waals surface area contributed by atoms with E-state index in [1.54, 1.807) is 32.2 Å². The first kappa shape index (κ1) is 16.8. The van der Waals surface area contributed by atoms with E-state index in [1.807, 2.05) is 13.0 Å². The highest BCUT2D eigenvalue weighted by Gasteiger charge is 2.38. The van der Waals surface area contributed by atoms with E-state index in [1.165, 1.54) is 17.2 Å². The fourth-order valence-corrected chi connectivity index (χ4v) is 3.01. The molecule has 7 nitrogen and oxygen atoms in total. The van der Waals surface area contributed by atoms with Crippen LogP contribution in [-0.2, 0) is 4.79 Å². The van der Waals surface area contributed by atoms with Crippen molar-refractivity contribution in [1.82, 2.24) is 15.2 Å². The highest BCUT2D eigenvalue weighted by molar-refractivity contribution is 5.98. The SMILES string of the molecule is Cc1cc(Oc2ncccc2O)ccc1C1C(C)C(=O)NC(=O)N1C. The van der Waals surface area contributed by atoms with Crippen LogP contribution in [0.1, 0.15) is 24.1 Å². The van der Waals surface area contributed by atoms with E-state index >= 15 is 0 Å². The second kappa shape index (κ2) is 6.43. The number of aryl methyl sites for hydroxylation is 1. The fourth-order valence-electron chi connectivity index (χ4n) is 3.01. The lowest BCUT2D eigenvalue weighted by molar-refractivity contribution is -0.127. The Morgan fingerprint density at radius 1 is 1.28 bits per heavy atom. The maximum atomic E-state index is 12.0. The first-order chi connectivity index (χ1) is 11.9. The molecule has 2 atom stereocenters. The number of carbonyl (C=O) groups is 2. The largest absolute Gasteiger partial charge is 0.503 e. The van der Waals surface area contributed by atoms with Crippen LogP contribution in [0.2, 0.25) is 0 Å². The molecule has 1 fully saturated rings. The van der Waals surface area contributed by atoms with E-state index in [0.717, 1.165) is 11.1 Å².